The second-order valence-corrected chi connectivity index (χ2v) is 8.77. The van der Waals surface area contributed by atoms with Crippen molar-refractivity contribution in [1.82, 2.24) is 24.4 Å². The summed E-state index contributed by atoms with van der Waals surface area (Å²) in [6.07, 6.45) is 2.97. The first-order valence-electron chi connectivity index (χ1n) is 10.3. The number of fused-ring (bicyclic) bond motifs is 1. The van der Waals surface area contributed by atoms with Gasteiger partial charge in [-0.05, 0) is 24.1 Å². The minimum absolute atomic E-state index is 0.000572. The van der Waals surface area contributed by atoms with Gasteiger partial charge in [0.2, 0.25) is 0 Å². The Hall–Kier alpha value is -2.73. The topological polar surface area (TPSA) is 53.7 Å². The molecule has 0 saturated carbocycles. The normalized spacial score (nSPS) is 15.8. The third kappa shape index (κ3) is 4.48. The van der Waals surface area contributed by atoms with Crippen molar-refractivity contribution in [3.8, 4) is 0 Å². The van der Waals surface area contributed by atoms with Crippen LogP contribution in [0.3, 0.4) is 0 Å². The van der Waals surface area contributed by atoms with Gasteiger partial charge in [-0.1, -0.05) is 51.1 Å². The molecule has 1 fully saturated rings. The zero-order valence-electron chi connectivity index (χ0n) is 17.5. The molecule has 0 aliphatic carbocycles. The maximum Gasteiger partial charge on any atom is 0.274 e. The number of carbonyl (C=O) groups is 1. The minimum atomic E-state index is -0.0477. The third-order valence-electron chi connectivity index (χ3n) is 5.53. The smallest absolute Gasteiger partial charge is 0.274 e. The molecule has 0 unspecified atom stereocenters. The molecule has 6 nitrogen and oxygen atoms in total. The molecule has 1 aliphatic heterocycles. The van der Waals surface area contributed by atoms with Gasteiger partial charge in [0.15, 0.2) is 5.65 Å². The highest BCUT2D eigenvalue weighted by atomic mass is 16.2. The summed E-state index contributed by atoms with van der Waals surface area (Å²) < 4.78 is 1.73. The number of piperazine rings is 1. The Labute approximate surface area is 172 Å². The molecule has 3 aromatic rings. The SMILES string of the molecule is CC(C)(C)c1cn2nc(C(=O)N3CCN(CCc4ccccc4)CC3)ccc2n1. The molecule has 0 radical (unpaired) electrons. The van der Waals surface area contributed by atoms with E-state index >= 15 is 0 Å². The van der Waals surface area contributed by atoms with E-state index in [-0.39, 0.29) is 11.3 Å². The van der Waals surface area contributed by atoms with Crippen LogP contribution in [0.25, 0.3) is 5.65 Å². The van der Waals surface area contributed by atoms with E-state index in [1.165, 1.54) is 5.56 Å². The van der Waals surface area contributed by atoms with Crippen LogP contribution in [0, 0.1) is 0 Å². The zero-order chi connectivity index (χ0) is 20.4. The van der Waals surface area contributed by atoms with Gasteiger partial charge in [-0.15, -0.1) is 0 Å². The van der Waals surface area contributed by atoms with Crippen molar-refractivity contribution >= 4 is 11.6 Å². The largest absolute Gasteiger partial charge is 0.335 e. The number of rotatable bonds is 4. The lowest BCUT2D eigenvalue weighted by atomic mass is 9.93. The summed E-state index contributed by atoms with van der Waals surface area (Å²) in [7, 11) is 0. The Morgan fingerprint density at radius 1 is 1.00 bits per heavy atom. The number of amides is 1. The number of hydrogen-bond donors (Lipinski definition) is 0. The van der Waals surface area contributed by atoms with Gasteiger partial charge in [-0.2, -0.15) is 5.10 Å². The first-order chi connectivity index (χ1) is 13.9. The molecule has 0 spiro atoms. The molecular weight excluding hydrogens is 362 g/mol. The molecule has 152 valence electrons. The van der Waals surface area contributed by atoms with Gasteiger partial charge in [0.25, 0.3) is 5.91 Å². The van der Waals surface area contributed by atoms with Crippen LogP contribution in [0.15, 0.2) is 48.7 Å². The van der Waals surface area contributed by atoms with Gasteiger partial charge in [0, 0.05) is 38.1 Å². The van der Waals surface area contributed by atoms with Crippen LogP contribution in [0.5, 0.6) is 0 Å². The van der Waals surface area contributed by atoms with Crippen molar-refractivity contribution in [2.45, 2.75) is 32.6 Å². The summed E-state index contributed by atoms with van der Waals surface area (Å²) in [5.74, 6) is 0.000572. The highest BCUT2D eigenvalue weighted by Gasteiger charge is 2.24. The van der Waals surface area contributed by atoms with Crippen molar-refractivity contribution in [2.75, 3.05) is 32.7 Å². The lowest BCUT2D eigenvalue weighted by molar-refractivity contribution is 0.0631. The van der Waals surface area contributed by atoms with Gasteiger partial charge in [-0.3, -0.25) is 9.69 Å². The lowest BCUT2D eigenvalue weighted by Gasteiger charge is -2.34. The summed E-state index contributed by atoms with van der Waals surface area (Å²) in [5.41, 5.74) is 3.54. The van der Waals surface area contributed by atoms with E-state index in [0.717, 1.165) is 50.5 Å². The summed E-state index contributed by atoms with van der Waals surface area (Å²) in [6.45, 7) is 10.7. The molecule has 2 aromatic heterocycles. The zero-order valence-corrected chi connectivity index (χ0v) is 17.5. The van der Waals surface area contributed by atoms with E-state index in [4.69, 9.17) is 0 Å². The molecule has 29 heavy (non-hydrogen) atoms. The van der Waals surface area contributed by atoms with Gasteiger partial charge < -0.3 is 4.90 Å². The number of hydrogen-bond acceptors (Lipinski definition) is 4. The Bertz CT molecular complexity index is 981. The average Bonchev–Trinajstić information content (AvgIpc) is 3.17. The number of aromatic nitrogens is 3. The highest BCUT2D eigenvalue weighted by Crippen LogP contribution is 2.21. The van der Waals surface area contributed by atoms with E-state index in [2.05, 4.69) is 60.0 Å². The summed E-state index contributed by atoms with van der Waals surface area (Å²) in [6, 6.07) is 14.2. The number of imidazole rings is 1. The first kappa shape index (κ1) is 19.6. The predicted molar refractivity (Wildman–Crippen MR) is 114 cm³/mol. The van der Waals surface area contributed by atoms with Gasteiger partial charge in [0.05, 0.1) is 11.9 Å². The van der Waals surface area contributed by atoms with Crippen molar-refractivity contribution in [3.63, 3.8) is 0 Å². The van der Waals surface area contributed by atoms with Gasteiger partial charge in [-0.25, -0.2) is 9.50 Å². The van der Waals surface area contributed by atoms with Crippen molar-refractivity contribution in [1.29, 1.82) is 0 Å². The van der Waals surface area contributed by atoms with E-state index in [1.54, 1.807) is 10.6 Å². The standard InChI is InChI=1S/C23H29N5O/c1-23(2,3)20-17-28-21(24-20)10-9-19(25-28)22(29)27-15-13-26(14-16-27)12-11-18-7-5-4-6-8-18/h4-10,17H,11-16H2,1-3H3. The molecule has 4 rings (SSSR count). The maximum absolute atomic E-state index is 12.9. The van der Waals surface area contributed by atoms with Crippen LogP contribution in [-0.4, -0.2) is 63.0 Å². The molecular formula is C23H29N5O. The predicted octanol–water partition coefficient (Wildman–Crippen LogP) is 3.03. The molecule has 6 heteroatoms. The van der Waals surface area contributed by atoms with Gasteiger partial charge >= 0.3 is 0 Å². The van der Waals surface area contributed by atoms with E-state index in [1.807, 2.05) is 23.2 Å². The molecule has 1 saturated heterocycles. The third-order valence-corrected chi connectivity index (χ3v) is 5.53. The lowest BCUT2D eigenvalue weighted by Crippen LogP contribution is -2.49. The minimum Gasteiger partial charge on any atom is -0.335 e. The Balaban J connectivity index is 1.36. The van der Waals surface area contributed by atoms with Crippen LogP contribution in [-0.2, 0) is 11.8 Å². The van der Waals surface area contributed by atoms with Crippen LogP contribution in [0.2, 0.25) is 0 Å². The second kappa shape index (κ2) is 7.95. The quantitative estimate of drug-likeness (QED) is 0.686. The highest BCUT2D eigenvalue weighted by molar-refractivity contribution is 5.92. The summed E-state index contributed by atoms with van der Waals surface area (Å²) in [5, 5.41) is 4.53. The number of nitrogens with zero attached hydrogens (tertiary/aromatic N) is 5. The molecule has 0 N–H and O–H groups in total. The van der Waals surface area contributed by atoms with Crippen molar-refractivity contribution in [3.05, 3.63) is 65.6 Å². The van der Waals surface area contributed by atoms with Crippen LogP contribution in [0.1, 0.15) is 42.5 Å². The molecule has 0 atom stereocenters. The molecule has 1 aliphatic rings. The Kier molecular flexibility index (Phi) is 5.37. The van der Waals surface area contributed by atoms with E-state index in [0.29, 0.717) is 5.69 Å². The van der Waals surface area contributed by atoms with Crippen molar-refractivity contribution in [2.24, 2.45) is 0 Å². The number of carbonyl (C=O) groups excluding carboxylic acids is 1. The Morgan fingerprint density at radius 2 is 1.72 bits per heavy atom. The first-order valence-corrected chi connectivity index (χ1v) is 10.3. The average molecular weight is 392 g/mol. The fraction of sp³-hybridized carbons (Fsp3) is 0.435. The van der Waals surface area contributed by atoms with Crippen LogP contribution >= 0.6 is 0 Å². The second-order valence-electron chi connectivity index (χ2n) is 8.77. The van der Waals surface area contributed by atoms with Crippen LogP contribution in [0.4, 0.5) is 0 Å². The number of benzene rings is 1. The van der Waals surface area contributed by atoms with E-state index in [9.17, 15) is 4.79 Å². The molecule has 3 heterocycles. The fourth-order valence-corrected chi connectivity index (χ4v) is 3.63. The fourth-order valence-electron chi connectivity index (χ4n) is 3.63. The van der Waals surface area contributed by atoms with E-state index < -0.39 is 0 Å². The molecule has 1 aromatic carbocycles. The van der Waals surface area contributed by atoms with Crippen LogP contribution < -0.4 is 0 Å². The molecule has 1 amide bonds. The summed E-state index contributed by atoms with van der Waals surface area (Å²) in [4.78, 5) is 21.9. The van der Waals surface area contributed by atoms with Crippen molar-refractivity contribution < 1.29 is 4.79 Å². The molecule has 0 bridgehead atoms. The Morgan fingerprint density at radius 3 is 2.41 bits per heavy atom. The van der Waals surface area contributed by atoms with Gasteiger partial charge in [0.1, 0.15) is 5.69 Å². The maximum atomic E-state index is 12.9. The summed E-state index contributed by atoms with van der Waals surface area (Å²) >= 11 is 0. The monoisotopic (exact) mass is 391 g/mol.